The lowest BCUT2D eigenvalue weighted by Crippen LogP contribution is -1.97. The predicted octanol–water partition coefficient (Wildman–Crippen LogP) is 3.62. The highest BCUT2D eigenvalue weighted by Gasteiger charge is 2.12. The summed E-state index contributed by atoms with van der Waals surface area (Å²) in [6.07, 6.45) is 5.20. The number of rotatable bonds is 1. The monoisotopic (exact) mass is 256 g/mol. The molecule has 1 aliphatic carbocycles. The maximum absolute atomic E-state index is 8.57. The Morgan fingerprint density at radius 3 is 2.00 bits per heavy atom. The molecule has 0 bridgehead atoms. The number of hydrogen-bond donors (Lipinski definition) is 1. The fourth-order valence-electron chi connectivity index (χ4n) is 1.61. The van der Waals surface area contributed by atoms with E-state index in [2.05, 4.69) is 15.9 Å². The van der Waals surface area contributed by atoms with Gasteiger partial charge in [0.05, 0.1) is 0 Å². The van der Waals surface area contributed by atoms with Gasteiger partial charge in [-0.15, -0.1) is 0 Å². The predicted molar refractivity (Wildman–Crippen MR) is 63.2 cm³/mol. The van der Waals surface area contributed by atoms with Crippen molar-refractivity contribution < 1.29 is 5.11 Å². The van der Waals surface area contributed by atoms with Crippen molar-refractivity contribution in [3.8, 4) is 0 Å². The highest BCUT2D eigenvalue weighted by Crippen LogP contribution is 2.23. The standard InChI is InChI=1S/C6H5Br.C6H12O/c7-6-4-2-1-3-5-6;7-5-6-3-1-2-4-6/h1-5H;6-7H,1-5H2. The first-order valence-corrected chi connectivity index (χ1v) is 5.93. The van der Waals surface area contributed by atoms with Crippen molar-refractivity contribution in [1.82, 2.24) is 0 Å². The molecule has 1 saturated carbocycles. The smallest absolute Gasteiger partial charge is 0.0459 e. The zero-order valence-corrected chi connectivity index (χ0v) is 9.91. The first-order valence-electron chi connectivity index (χ1n) is 5.14. The van der Waals surface area contributed by atoms with Crippen LogP contribution in [0.25, 0.3) is 0 Å². The molecule has 0 radical (unpaired) electrons. The van der Waals surface area contributed by atoms with Gasteiger partial charge in [-0.3, -0.25) is 0 Å². The molecule has 1 aromatic carbocycles. The fraction of sp³-hybridized carbons (Fsp3) is 0.500. The minimum Gasteiger partial charge on any atom is -0.396 e. The molecule has 14 heavy (non-hydrogen) atoms. The molecule has 1 aliphatic rings. The van der Waals surface area contributed by atoms with Gasteiger partial charge in [-0.1, -0.05) is 47.0 Å². The molecule has 2 rings (SSSR count). The molecule has 78 valence electrons. The van der Waals surface area contributed by atoms with Crippen LogP contribution < -0.4 is 0 Å². The zero-order valence-electron chi connectivity index (χ0n) is 8.32. The van der Waals surface area contributed by atoms with E-state index in [0.717, 1.165) is 4.47 Å². The Morgan fingerprint density at radius 1 is 1.14 bits per heavy atom. The Kier molecular flexibility index (Phi) is 5.88. The maximum atomic E-state index is 8.57. The Bertz CT molecular complexity index is 229. The van der Waals surface area contributed by atoms with Crippen LogP contribution in [0.3, 0.4) is 0 Å². The molecule has 0 amide bonds. The lowest BCUT2D eigenvalue weighted by molar-refractivity contribution is 0.230. The van der Waals surface area contributed by atoms with Gasteiger partial charge in [0.15, 0.2) is 0 Å². The molecule has 0 unspecified atom stereocenters. The molecule has 0 heterocycles. The van der Waals surface area contributed by atoms with E-state index >= 15 is 0 Å². The molecular formula is C12H17BrO. The fourth-order valence-corrected chi connectivity index (χ4v) is 1.91. The molecule has 1 N–H and O–H groups in total. The largest absolute Gasteiger partial charge is 0.396 e. The van der Waals surface area contributed by atoms with E-state index in [0.29, 0.717) is 12.5 Å². The van der Waals surface area contributed by atoms with Crippen molar-refractivity contribution in [1.29, 1.82) is 0 Å². The van der Waals surface area contributed by atoms with Crippen LogP contribution in [-0.4, -0.2) is 11.7 Å². The Morgan fingerprint density at radius 2 is 1.71 bits per heavy atom. The van der Waals surface area contributed by atoms with Gasteiger partial charge >= 0.3 is 0 Å². The minimum absolute atomic E-state index is 0.417. The topological polar surface area (TPSA) is 20.2 Å². The average molecular weight is 257 g/mol. The van der Waals surface area contributed by atoms with E-state index in [4.69, 9.17) is 5.11 Å². The van der Waals surface area contributed by atoms with Gasteiger partial charge in [0.2, 0.25) is 0 Å². The van der Waals surface area contributed by atoms with Gasteiger partial charge < -0.3 is 5.11 Å². The summed E-state index contributed by atoms with van der Waals surface area (Å²) in [6, 6.07) is 9.97. The van der Waals surface area contributed by atoms with Gasteiger partial charge in [0.1, 0.15) is 0 Å². The number of aliphatic hydroxyl groups excluding tert-OH is 1. The van der Waals surface area contributed by atoms with Crippen molar-refractivity contribution in [2.24, 2.45) is 5.92 Å². The van der Waals surface area contributed by atoms with E-state index < -0.39 is 0 Å². The molecular weight excluding hydrogens is 240 g/mol. The summed E-state index contributed by atoms with van der Waals surface area (Å²) in [5.41, 5.74) is 0. The molecule has 1 aromatic rings. The molecule has 1 fully saturated rings. The first-order chi connectivity index (χ1) is 6.83. The highest BCUT2D eigenvalue weighted by atomic mass is 79.9. The summed E-state index contributed by atoms with van der Waals surface area (Å²) in [6.45, 7) is 0.417. The molecule has 2 heteroatoms. The van der Waals surface area contributed by atoms with E-state index in [1.54, 1.807) is 0 Å². The third-order valence-electron chi connectivity index (χ3n) is 2.47. The van der Waals surface area contributed by atoms with Crippen LogP contribution in [0.5, 0.6) is 0 Å². The number of halogens is 1. The third kappa shape index (κ3) is 4.77. The molecule has 0 aliphatic heterocycles. The van der Waals surface area contributed by atoms with E-state index in [1.807, 2.05) is 30.3 Å². The first kappa shape index (κ1) is 11.7. The highest BCUT2D eigenvalue weighted by molar-refractivity contribution is 9.10. The maximum Gasteiger partial charge on any atom is 0.0459 e. The second-order valence-corrected chi connectivity index (χ2v) is 4.54. The average Bonchev–Trinajstić information content (AvgIpc) is 2.72. The SMILES string of the molecule is Brc1ccccc1.OCC1CCCC1. The lowest BCUT2D eigenvalue weighted by atomic mass is 10.1. The summed E-state index contributed by atoms with van der Waals surface area (Å²) < 4.78 is 1.13. The van der Waals surface area contributed by atoms with Crippen molar-refractivity contribution in [2.75, 3.05) is 6.61 Å². The summed E-state index contributed by atoms with van der Waals surface area (Å²) >= 11 is 3.31. The van der Waals surface area contributed by atoms with E-state index in [1.165, 1.54) is 25.7 Å². The van der Waals surface area contributed by atoms with Crippen molar-refractivity contribution in [2.45, 2.75) is 25.7 Å². The second kappa shape index (κ2) is 7.02. The quantitative estimate of drug-likeness (QED) is 0.814. The van der Waals surface area contributed by atoms with Crippen LogP contribution in [0.2, 0.25) is 0 Å². The molecule has 0 aromatic heterocycles. The number of benzene rings is 1. The zero-order chi connectivity index (χ0) is 10.2. The Hall–Kier alpha value is -0.340. The molecule has 0 atom stereocenters. The van der Waals surface area contributed by atoms with Gasteiger partial charge in [-0.2, -0.15) is 0 Å². The Labute approximate surface area is 94.3 Å². The summed E-state index contributed by atoms with van der Waals surface area (Å²) in [5.74, 6) is 0.653. The molecule has 0 saturated heterocycles. The van der Waals surface area contributed by atoms with E-state index in [-0.39, 0.29) is 0 Å². The van der Waals surface area contributed by atoms with Crippen LogP contribution in [0.4, 0.5) is 0 Å². The summed E-state index contributed by atoms with van der Waals surface area (Å²) in [7, 11) is 0. The van der Waals surface area contributed by atoms with Gasteiger partial charge in [0, 0.05) is 11.1 Å². The third-order valence-corrected chi connectivity index (χ3v) is 2.99. The summed E-state index contributed by atoms with van der Waals surface area (Å²) in [5, 5.41) is 8.57. The van der Waals surface area contributed by atoms with Gasteiger partial charge in [0.25, 0.3) is 0 Å². The van der Waals surface area contributed by atoms with Gasteiger partial charge in [-0.05, 0) is 30.9 Å². The number of aliphatic hydroxyl groups is 1. The van der Waals surface area contributed by atoms with Crippen molar-refractivity contribution in [3.05, 3.63) is 34.8 Å². The van der Waals surface area contributed by atoms with E-state index in [9.17, 15) is 0 Å². The van der Waals surface area contributed by atoms with Crippen LogP contribution in [0.1, 0.15) is 25.7 Å². The van der Waals surface area contributed by atoms with Crippen LogP contribution in [0.15, 0.2) is 34.8 Å². The molecule has 1 nitrogen and oxygen atoms in total. The normalized spacial score (nSPS) is 16.1. The second-order valence-electron chi connectivity index (χ2n) is 3.63. The van der Waals surface area contributed by atoms with Crippen LogP contribution in [-0.2, 0) is 0 Å². The number of hydrogen-bond acceptors (Lipinski definition) is 1. The van der Waals surface area contributed by atoms with Crippen LogP contribution in [0, 0.1) is 5.92 Å². The van der Waals surface area contributed by atoms with Crippen molar-refractivity contribution >= 4 is 15.9 Å². The molecule has 0 spiro atoms. The van der Waals surface area contributed by atoms with Crippen molar-refractivity contribution in [3.63, 3.8) is 0 Å². The minimum atomic E-state index is 0.417. The van der Waals surface area contributed by atoms with Crippen LogP contribution >= 0.6 is 15.9 Å². The lowest BCUT2D eigenvalue weighted by Gasteiger charge is -1.98. The Balaban J connectivity index is 0.000000140. The van der Waals surface area contributed by atoms with Gasteiger partial charge in [-0.25, -0.2) is 0 Å². The summed E-state index contributed by atoms with van der Waals surface area (Å²) in [4.78, 5) is 0.